The Hall–Kier alpha value is -0.870. The van der Waals surface area contributed by atoms with E-state index in [1.54, 1.807) is 0 Å². The second kappa shape index (κ2) is 7.45. The third-order valence-corrected chi connectivity index (χ3v) is 3.29. The van der Waals surface area contributed by atoms with Gasteiger partial charge in [-0.3, -0.25) is 0 Å². The topological polar surface area (TPSA) is 39.1 Å². The van der Waals surface area contributed by atoms with Gasteiger partial charge in [-0.25, -0.2) is 4.98 Å². The zero-order valence-electron chi connectivity index (χ0n) is 10.5. The van der Waals surface area contributed by atoms with Crippen LogP contribution >= 0.6 is 0 Å². The molecule has 0 radical (unpaired) electrons. The Labute approximate surface area is 103 Å². The van der Waals surface area contributed by atoms with Gasteiger partial charge in [-0.05, 0) is 38.6 Å². The van der Waals surface area contributed by atoms with Crippen molar-refractivity contribution in [2.45, 2.75) is 44.7 Å². The van der Waals surface area contributed by atoms with Crippen molar-refractivity contribution in [2.75, 3.05) is 19.8 Å². The van der Waals surface area contributed by atoms with Crippen molar-refractivity contribution >= 4 is 0 Å². The van der Waals surface area contributed by atoms with Crippen molar-refractivity contribution in [1.29, 1.82) is 0 Å². The fourth-order valence-electron chi connectivity index (χ4n) is 2.25. The Morgan fingerprint density at radius 3 is 3.18 bits per heavy atom. The molecule has 1 N–H and O–H groups in total. The van der Waals surface area contributed by atoms with Gasteiger partial charge < -0.3 is 14.6 Å². The first-order valence-corrected chi connectivity index (χ1v) is 6.72. The number of hydrogen-bond acceptors (Lipinski definition) is 3. The lowest BCUT2D eigenvalue weighted by Crippen LogP contribution is -2.30. The molecule has 0 amide bonds. The van der Waals surface area contributed by atoms with E-state index in [-0.39, 0.29) is 0 Å². The van der Waals surface area contributed by atoms with Crippen molar-refractivity contribution in [3.63, 3.8) is 0 Å². The number of aromatic nitrogens is 2. The van der Waals surface area contributed by atoms with Crippen LogP contribution in [-0.2, 0) is 11.3 Å². The molecular formula is C13H23N3O. The molecule has 1 aliphatic rings. The summed E-state index contributed by atoms with van der Waals surface area (Å²) in [5.74, 6) is 0. The summed E-state index contributed by atoms with van der Waals surface area (Å²) in [7, 11) is 0. The summed E-state index contributed by atoms with van der Waals surface area (Å²) < 4.78 is 7.59. The summed E-state index contributed by atoms with van der Waals surface area (Å²) in [6.45, 7) is 4.07. The maximum Gasteiger partial charge on any atom is 0.0945 e. The van der Waals surface area contributed by atoms with Crippen LogP contribution in [0.2, 0.25) is 0 Å². The summed E-state index contributed by atoms with van der Waals surface area (Å²) in [6, 6.07) is 0.672. The molecule has 2 heterocycles. The molecule has 1 atom stereocenters. The highest BCUT2D eigenvalue weighted by Gasteiger charge is 2.10. The van der Waals surface area contributed by atoms with Crippen LogP contribution in [0.1, 0.15) is 32.1 Å². The first-order chi connectivity index (χ1) is 8.45. The van der Waals surface area contributed by atoms with Crippen LogP contribution in [0, 0.1) is 0 Å². The van der Waals surface area contributed by atoms with Gasteiger partial charge >= 0.3 is 0 Å². The molecule has 1 fully saturated rings. The number of imidazole rings is 1. The van der Waals surface area contributed by atoms with E-state index >= 15 is 0 Å². The zero-order chi connectivity index (χ0) is 11.8. The standard InChI is InChI=1S/C13H23N3O/c1(2-8-16-9-7-14-12-16)6-15-13-4-3-10-17-11-5-13/h7,9,12-13,15H,1-6,8,10-11H2. The van der Waals surface area contributed by atoms with Gasteiger partial charge in [0.2, 0.25) is 0 Å². The lowest BCUT2D eigenvalue weighted by Gasteiger charge is -2.15. The van der Waals surface area contributed by atoms with Crippen LogP contribution in [0.5, 0.6) is 0 Å². The molecule has 2 rings (SSSR count). The minimum atomic E-state index is 0.672. The van der Waals surface area contributed by atoms with Crippen LogP contribution in [0.3, 0.4) is 0 Å². The highest BCUT2D eigenvalue weighted by atomic mass is 16.5. The van der Waals surface area contributed by atoms with Crippen molar-refractivity contribution in [1.82, 2.24) is 14.9 Å². The average molecular weight is 237 g/mol. The summed E-state index contributed by atoms with van der Waals surface area (Å²) in [5, 5.41) is 3.64. The molecule has 0 saturated carbocycles. The molecule has 1 saturated heterocycles. The Bertz CT molecular complexity index is 279. The molecule has 1 unspecified atom stereocenters. The fraction of sp³-hybridized carbons (Fsp3) is 0.769. The fourth-order valence-corrected chi connectivity index (χ4v) is 2.25. The molecule has 0 aliphatic carbocycles. The number of unbranched alkanes of at least 4 members (excludes halogenated alkanes) is 1. The summed E-state index contributed by atoms with van der Waals surface area (Å²) in [6.07, 6.45) is 11.8. The van der Waals surface area contributed by atoms with E-state index in [2.05, 4.69) is 14.9 Å². The molecule has 4 heteroatoms. The Balaban J connectivity index is 1.50. The van der Waals surface area contributed by atoms with Gasteiger partial charge in [0.1, 0.15) is 0 Å². The second-order valence-corrected chi connectivity index (χ2v) is 4.70. The van der Waals surface area contributed by atoms with Gasteiger partial charge in [0, 0.05) is 38.2 Å². The van der Waals surface area contributed by atoms with Gasteiger partial charge in [-0.15, -0.1) is 0 Å². The molecule has 17 heavy (non-hydrogen) atoms. The van der Waals surface area contributed by atoms with E-state index < -0.39 is 0 Å². The number of ether oxygens (including phenoxy) is 1. The highest BCUT2D eigenvalue weighted by molar-refractivity contribution is 4.74. The lowest BCUT2D eigenvalue weighted by atomic mass is 10.1. The predicted molar refractivity (Wildman–Crippen MR) is 67.9 cm³/mol. The number of rotatable bonds is 6. The Morgan fingerprint density at radius 2 is 2.29 bits per heavy atom. The molecule has 1 aromatic rings. The quantitative estimate of drug-likeness (QED) is 0.767. The number of aryl methyl sites for hydroxylation is 1. The molecule has 0 bridgehead atoms. The third kappa shape index (κ3) is 4.88. The van der Waals surface area contributed by atoms with E-state index in [1.807, 2.05) is 18.7 Å². The Kier molecular flexibility index (Phi) is 5.52. The molecule has 1 aliphatic heterocycles. The van der Waals surface area contributed by atoms with E-state index in [4.69, 9.17) is 4.74 Å². The van der Waals surface area contributed by atoms with Gasteiger partial charge in [0.15, 0.2) is 0 Å². The van der Waals surface area contributed by atoms with Gasteiger partial charge in [0.25, 0.3) is 0 Å². The number of nitrogens with zero attached hydrogens (tertiary/aromatic N) is 2. The van der Waals surface area contributed by atoms with Crippen LogP contribution in [0.15, 0.2) is 18.7 Å². The van der Waals surface area contributed by atoms with E-state index in [0.29, 0.717) is 6.04 Å². The first kappa shape index (κ1) is 12.6. The molecule has 96 valence electrons. The maximum atomic E-state index is 5.45. The van der Waals surface area contributed by atoms with E-state index in [0.717, 1.165) is 26.3 Å². The van der Waals surface area contributed by atoms with Crippen molar-refractivity contribution in [2.24, 2.45) is 0 Å². The minimum Gasteiger partial charge on any atom is -0.381 e. The van der Waals surface area contributed by atoms with Gasteiger partial charge in [-0.1, -0.05) is 0 Å². The van der Waals surface area contributed by atoms with Gasteiger partial charge in [0.05, 0.1) is 6.33 Å². The van der Waals surface area contributed by atoms with Crippen molar-refractivity contribution in [3.05, 3.63) is 18.7 Å². The third-order valence-electron chi connectivity index (χ3n) is 3.29. The second-order valence-electron chi connectivity index (χ2n) is 4.70. The van der Waals surface area contributed by atoms with Crippen molar-refractivity contribution in [3.8, 4) is 0 Å². The molecule has 1 aromatic heterocycles. The summed E-state index contributed by atoms with van der Waals surface area (Å²) in [4.78, 5) is 4.04. The molecule has 0 spiro atoms. The maximum absolute atomic E-state index is 5.45. The lowest BCUT2D eigenvalue weighted by molar-refractivity contribution is 0.142. The predicted octanol–water partition coefficient (Wildman–Crippen LogP) is 1.82. The molecule has 4 nitrogen and oxygen atoms in total. The summed E-state index contributed by atoms with van der Waals surface area (Å²) in [5.41, 5.74) is 0. The normalized spacial score (nSPS) is 21.3. The van der Waals surface area contributed by atoms with E-state index in [1.165, 1.54) is 32.1 Å². The molecular weight excluding hydrogens is 214 g/mol. The Morgan fingerprint density at radius 1 is 1.29 bits per heavy atom. The van der Waals surface area contributed by atoms with Crippen LogP contribution in [-0.4, -0.2) is 35.4 Å². The smallest absolute Gasteiger partial charge is 0.0945 e. The van der Waals surface area contributed by atoms with Gasteiger partial charge in [-0.2, -0.15) is 0 Å². The van der Waals surface area contributed by atoms with Crippen LogP contribution < -0.4 is 5.32 Å². The zero-order valence-corrected chi connectivity index (χ0v) is 10.5. The largest absolute Gasteiger partial charge is 0.381 e. The van der Waals surface area contributed by atoms with E-state index in [9.17, 15) is 0 Å². The highest BCUT2D eigenvalue weighted by Crippen LogP contribution is 2.08. The first-order valence-electron chi connectivity index (χ1n) is 6.72. The average Bonchev–Trinajstić information content (AvgIpc) is 2.72. The molecule has 0 aromatic carbocycles. The van der Waals surface area contributed by atoms with Crippen LogP contribution in [0.25, 0.3) is 0 Å². The minimum absolute atomic E-state index is 0.672. The van der Waals surface area contributed by atoms with Crippen molar-refractivity contribution < 1.29 is 4.74 Å². The summed E-state index contributed by atoms with van der Waals surface area (Å²) >= 11 is 0. The van der Waals surface area contributed by atoms with Crippen LogP contribution in [0.4, 0.5) is 0 Å². The number of nitrogens with one attached hydrogen (secondary N) is 1. The monoisotopic (exact) mass is 237 g/mol. The number of hydrogen-bond donors (Lipinski definition) is 1. The SMILES string of the molecule is c1cn(CCCCNC2CCCOCC2)cn1.